The number of hydrogen-bond acceptors (Lipinski definition) is 2. The first-order valence-electron chi connectivity index (χ1n) is 4.32. The Bertz CT molecular complexity index is 357. The normalized spacial score (nSPS) is 18.5. The topological polar surface area (TPSA) is 34.9 Å². The molecule has 0 spiro atoms. The van der Waals surface area contributed by atoms with Gasteiger partial charge < -0.3 is 0 Å². The molecule has 0 aromatic carbocycles. The lowest BCUT2D eigenvalue weighted by Gasteiger charge is -2.12. The maximum atomic E-state index is 11.3. The second-order valence-corrected chi connectivity index (χ2v) is 4.24. The third-order valence-corrected chi connectivity index (χ3v) is 3.73. The summed E-state index contributed by atoms with van der Waals surface area (Å²) in [5, 5.41) is 0.974. The van der Waals surface area contributed by atoms with Gasteiger partial charge in [-0.05, 0) is 18.3 Å². The number of rotatable bonds is 3. The fourth-order valence-corrected chi connectivity index (χ4v) is 2.11. The molecule has 1 aliphatic carbocycles. The van der Waals surface area contributed by atoms with Crippen LogP contribution in [0.4, 0.5) is 0 Å². The zero-order valence-corrected chi connectivity index (χ0v) is 8.83. The minimum Gasteiger partial charge on any atom is -0.299 e. The van der Waals surface area contributed by atoms with E-state index in [2.05, 4.69) is 20.9 Å². The first-order valence-corrected chi connectivity index (χ1v) is 5.44. The molecule has 1 saturated carbocycles. The van der Waals surface area contributed by atoms with Gasteiger partial charge in [0, 0.05) is 24.1 Å². The molecule has 1 aliphatic rings. The second kappa shape index (κ2) is 3.25. The number of alkyl halides is 1. The third kappa shape index (κ3) is 1.82. The van der Waals surface area contributed by atoms with Gasteiger partial charge in [-0.15, -0.1) is 0 Å². The van der Waals surface area contributed by atoms with E-state index in [-0.39, 0.29) is 5.56 Å². The number of nitrogens with zero attached hydrogens (tertiary/aromatic N) is 2. The molecule has 4 heteroatoms. The number of halogens is 1. The summed E-state index contributed by atoms with van der Waals surface area (Å²) in [6.07, 6.45) is 5.57. The summed E-state index contributed by atoms with van der Waals surface area (Å²) >= 11 is 3.48. The van der Waals surface area contributed by atoms with Crippen molar-refractivity contribution >= 4 is 15.9 Å². The lowest BCUT2D eigenvalue weighted by atomic mass is 10.1. The van der Waals surface area contributed by atoms with Gasteiger partial charge in [-0.25, -0.2) is 4.98 Å². The molecule has 0 unspecified atom stereocenters. The predicted molar refractivity (Wildman–Crippen MR) is 54.0 cm³/mol. The second-order valence-electron chi connectivity index (χ2n) is 3.68. The highest BCUT2D eigenvalue weighted by atomic mass is 79.9. The summed E-state index contributed by atoms with van der Waals surface area (Å²) < 4.78 is 1.69. The van der Waals surface area contributed by atoms with Crippen LogP contribution in [0.25, 0.3) is 0 Å². The Morgan fingerprint density at radius 3 is 2.92 bits per heavy atom. The summed E-state index contributed by atoms with van der Waals surface area (Å²) in [6, 6.07) is 1.50. The Labute approximate surface area is 84.9 Å². The Kier molecular flexibility index (Phi) is 2.24. The van der Waals surface area contributed by atoms with Crippen molar-refractivity contribution in [2.75, 3.05) is 5.33 Å². The minimum atomic E-state index is 0.0437. The lowest BCUT2D eigenvalue weighted by Crippen LogP contribution is -2.24. The van der Waals surface area contributed by atoms with Gasteiger partial charge in [0.25, 0.3) is 5.56 Å². The standard InChI is InChI=1S/C9H11BrN2O/c10-5-9(2-3-9)6-12-7-11-4-1-8(12)13/h1,4,7H,2-3,5-6H2. The van der Waals surface area contributed by atoms with Gasteiger partial charge in [0.15, 0.2) is 0 Å². The molecule has 1 aromatic rings. The van der Waals surface area contributed by atoms with Crippen LogP contribution in [0.5, 0.6) is 0 Å². The molecule has 0 aliphatic heterocycles. The molecule has 3 nitrogen and oxygen atoms in total. The highest BCUT2D eigenvalue weighted by molar-refractivity contribution is 9.09. The van der Waals surface area contributed by atoms with Gasteiger partial charge in [0.1, 0.15) is 0 Å². The molecule has 0 atom stereocenters. The van der Waals surface area contributed by atoms with Crippen molar-refractivity contribution in [1.82, 2.24) is 9.55 Å². The Morgan fingerprint density at radius 1 is 1.62 bits per heavy atom. The molecule has 0 radical (unpaired) electrons. The molecule has 0 bridgehead atoms. The van der Waals surface area contributed by atoms with Crippen LogP contribution in [-0.4, -0.2) is 14.9 Å². The van der Waals surface area contributed by atoms with E-state index < -0.39 is 0 Å². The quantitative estimate of drug-likeness (QED) is 0.752. The van der Waals surface area contributed by atoms with Gasteiger partial charge >= 0.3 is 0 Å². The van der Waals surface area contributed by atoms with Crippen LogP contribution >= 0.6 is 15.9 Å². The van der Waals surface area contributed by atoms with Crippen molar-refractivity contribution < 1.29 is 0 Å². The third-order valence-electron chi connectivity index (χ3n) is 2.54. The predicted octanol–water partition coefficient (Wildman–Crippen LogP) is 1.42. The van der Waals surface area contributed by atoms with Crippen LogP contribution in [0.1, 0.15) is 12.8 Å². The molecule has 0 saturated heterocycles. The largest absolute Gasteiger partial charge is 0.299 e. The SMILES string of the molecule is O=c1ccncn1CC1(CBr)CC1. The first-order chi connectivity index (χ1) is 6.26. The van der Waals surface area contributed by atoms with Crippen LogP contribution in [0.3, 0.4) is 0 Å². The van der Waals surface area contributed by atoms with Crippen LogP contribution in [-0.2, 0) is 6.54 Å². The van der Waals surface area contributed by atoms with Crippen LogP contribution in [0, 0.1) is 5.41 Å². The molecule has 0 amide bonds. The number of hydrogen-bond donors (Lipinski definition) is 0. The van der Waals surface area contributed by atoms with Crippen LogP contribution in [0.2, 0.25) is 0 Å². The highest BCUT2D eigenvalue weighted by Crippen LogP contribution is 2.48. The average molecular weight is 243 g/mol. The molecule has 1 aromatic heterocycles. The van der Waals surface area contributed by atoms with E-state index in [1.165, 1.54) is 25.1 Å². The summed E-state index contributed by atoms with van der Waals surface area (Å²) in [5.74, 6) is 0. The zero-order chi connectivity index (χ0) is 9.31. The van der Waals surface area contributed by atoms with E-state index >= 15 is 0 Å². The molecule has 13 heavy (non-hydrogen) atoms. The van der Waals surface area contributed by atoms with E-state index in [4.69, 9.17) is 0 Å². The molecule has 70 valence electrons. The van der Waals surface area contributed by atoms with E-state index in [0.29, 0.717) is 5.41 Å². The van der Waals surface area contributed by atoms with Crippen molar-refractivity contribution in [3.05, 3.63) is 28.9 Å². The lowest BCUT2D eigenvalue weighted by molar-refractivity contribution is 0.461. The van der Waals surface area contributed by atoms with E-state index in [1.807, 2.05) is 0 Å². The smallest absolute Gasteiger partial charge is 0.253 e. The highest BCUT2D eigenvalue weighted by Gasteiger charge is 2.41. The molecule has 1 fully saturated rings. The molecular weight excluding hydrogens is 232 g/mol. The Balaban J connectivity index is 2.19. The maximum absolute atomic E-state index is 11.3. The van der Waals surface area contributed by atoms with Crippen LogP contribution in [0.15, 0.2) is 23.4 Å². The fraction of sp³-hybridized carbons (Fsp3) is 0.556. The van der Waals surface area contributed by atoms with Crippen molar-refractivity contribution in [3.8, 4) is 0 Å². The summed E-state index contributed by atoms with van der Waals surface area (Å²) in [6.45, 7) is 0.797. The molecule has 0 N–H and O–H groups in total. The van der Waals surface area contributed by atoms with Gasteiger partial charge in [-0.2, -0.15) is 0 Å². The average Bonchev–Trinajstić information content (AvgIpc) is 2.90. The fourth-order valence-electron chi connectivity index (χ4n) is 1.37. The summed E-state index contributed by atoms with van der Waals surface area (Å²) in [4.78, 5) is 15.3. The van der Waals surface area contributed by atoms with Gasteiger partial charge in [-0.1, -0.05) is 15.9 Å². The van der Waals surface area contributed by atoms with Gasteiger partial charge in [0.05, 0.1) is 6.33 Å². The van der Waals surface area contributed by atoms with E-state index in [9.17, 15) is 4.79 Å². The van der Waals surface area contributed by atoms with Crippen LogP contribution < -0.4 is 5.56 Å². The van der Waals surface area contributed by atoms with Crippen molar-refractivity contribution in [1.29, 1.82) is 0 Å². The van der Waals surface area contributed by atoms with Crippen molar-refractivity contribution in [3.63, 3.8) is 0 Å². The number of aromatic nitrogens is 2. The Morgan fingerprint density at radius 2 is 2.38 bits per heavy atom. The van der Waals surface area contributed by atoms with E-state index in [0.717, 1.165) is 11.9 Å². The van der Waals surface area contributed by atoms with Gasteiger partial charge in [0.2, 0.25) is 0 Å². The zero-order valence-electron chi connectivity index (χ0n) is 7.24. The van der Waals surface area contributed by atoms with E-state index in [1.54, 1.807) is 10.9 Å². The minimum absolute atomic E-state index is 0.0437. The van der Waals surface area contributed by atoms with Gasteiger partial charge in [-0.3, -0.25) is 9.36 Å². The first kappa shape index (κ1) is 8.94. The van der Waals surface area contributed by atoms with Crippen molar-refractivity contribution in [2.24, 2.45) is 5.41 Å². The summed E-state index contributed by atoms with van der Waals surface area (Å²) in [5.41, 5.74) is 0.370. The Hall–Kier alpha value is -0.640. The molecular formula is C9H11BrN2O. The summed E-state index contributed by atoms with van der Waals surface area (Å²) in [7, 11) is 0. The molecule has 2 rings (SSSR count). The maximum Gasteiger partial charge on any atom is 0.253 e. The van der Waals surface area contributed by atoms with Crippen molar-refractivity contribution in [2.45, 2.75) is 19.4 Å². The monoisotopic (exact) mass is 242 g/mol. The molecule has 1 heterocycles.